The molecule has 1 aromatic rings. The summed E-state index contributed by atoms with van der Waals surface area (Å²) in [5.74, 6) is -1.80. The molecule has 0 unspecified atom stereocenters. The van der Waals surface area contributed by atoms with Gasteiger partial charge in [-0.2, -0.15) is 0 Å². The number of carboxylic acids is 1. The van der Waals surface area contributed by atoms with Crippen molar-refractivity contribution >= 4 is 17.7 Å². The molecule has 0 aliphatic carbocycles. The summed E-state index contributed by atoms with van der Waals surface area (Å²) in [6.07, 6.45) is 0. The molecule has 0 fully saturated rings. The molecular formula is C10H16N4O4. The first kappa shape index (κ1) is 13.9. The zero-order chi connectivity index (χ0) is 14.1. The maximum absolute atomic E-state index is 11.9. The third-order valence-electron chi connectivity index (χ3n) is 3.25. The molecule has 0 saturated carbocycles. The Morgan fingerprint density at radius 2 is 1.83 bits per heavy atom. The van der Waals surface area contributed by atoms with Gasteiger partial charge in [0.25, 0.3) is 5.91 Å². The molecule has 0 spiro atoms. The van der Waals surface area contributed by atoms with Gasteiger partial charge in [-0.15, -0.1) is 0 Å². The highest BCUT2D eigenvalue weighted by Crippen LogP contribution is 2.31. The minimum Gasteiger partial charge on any atom is -0.481 e. The van der Waals surface area contributed by atoms with Crippen LogP contribution in [0.3, 0.4) is 0 Å². The Hall–Kier alpha value is -2.12. The molecule has 18 heavy (non-hydrogen) atoms. The van der Waals surface area contributed by atoms with Gasteiger partial charge in [0.05, 0.1) is 11.0 Å². The number of nitrogens with one attached hydrogen (secondary N) is 1. The molecule has 1 aromatic heterocycles. The van der Waals surface area contributed by atoms with E-state index in [0.29, 0.717) is 0 Å². The van der Waals surface area contributed by atoms with E-state index in [4.69, 9.17) is 10.8 Å². The zero-order valence-corrected chi connectivity index (χ0v) is 10.6. The SMILES string of the molecule is CC(C)(NC(=O)c1nonc1N)C(C)(C)C(=O)O. The molecule has 100 valence electrons. The van der Waals surface area contributed by atoms with Gasteiger partial charge in [-0.1, -0.05) is 0 Å². The Kier molecular flexibility index (Phi) is 3.32. The van der Waals surface area contributed by atoms with Crippen molar-refractivity contribution in [1.29, 1.82) is 0 Å². The summed E-state index contributed by atoms with van der Waals surface area (Å²) >= 11 is 0. The standard InChI is InChI=1S/C10H16N4O4/c1-9(2,8(16)17)10(3,4)12-7(15)5-6(11)14-18-13-5/h1-4H3,(H2,11,14)(H,12,15)(H,16,17). The lowest BCUT2D eigenvalue weighted by Gasteiger charge is -2.38. The molecule has 1 amide bonds. The Bertz CT molecular complexity index is 478. The average Bonchev–Trinajstić information content (AvgIpc) is 2.63. The summed E-state index contributed by atoms with van der Waals surface area (Å²) in [4.78, 5) is 23.0. The number of amides is 1. The maximum atomic E-state index is 11.9. The molecule has 1 heterocycles. The lowest BCUT2D eigenvalue weighted by molar-refractivity contribution is -0.150. The number of nitrogens with two attached hydrogens (primary N) is 1. The van der Waals surface area contributed by atoms with Crippen molar-refractivity contribution in [3.63, 3.8) is 0 Å². The first-order chi connectivity index (χ1) is 8.09. The summed E-state index contributed by atoms with van der Waals surface area (Å²) in [5, 5.41) is 18.3. The molecule has 0 radical (unpaired) electrons. The van der Waals surface area contributed by atoms with Crippen molar-refractivity contribution in [2.24, 2.45) is 5.41 Å². The van der Waals surface area contributed by atoms with E-state index in [2.05, 4.69) is 20.3 Å². The van der Waals surface area contributed by atoms with Crippen molar-refractivity contribution in [2.45, 2.75) is 33.2 Å². The van der Waals surface area contributed by atoms with E-state index >= 15 is 0 Å². The first-order valence-electron chi connectivity index (χ1n) is 5.23. The van der Waals surface area contributed by atoms with Crippen LogP contribution in [-0.2, 0) is 4.79 Å². The molecule has 0 aliphatic heterocycles. The number of rotatable bonds is 4. The second-order valence-electron chi connectivity index (χ2n) is 5.01. The number of carbonyl (C=O) groups is 2. The lowest BCUT2D eigenvalue weighted by Crippen LogP contribution is -2.57. The van der Waals surface area contributed by atoms with E-state index < -0.39 is 22.8 Å². The summed E-state index contributed by atoms with van der Waals surface area (Å²) < 4.78 is 4.31. The number of anilines is 1. The first-order valence-corrected chi connectivity index (χ1v) is 5.23. The largest absolute Gasteiger partial charge is 0.481 e. The lowest BCUT2D eigenvalue weighted by atomic mass is 9.74. The van der Waals surface area contributed by atoms with Gasteiger partial charge < -0.3 is 16.2 Å². The van der Waals surface area contributed by atoms with Gasteiger partial charge in [0.1, 0.15) is 0 Å². The summed E-state index contributed by atoms with van der Waals surface area (Å²) in [7, 11) is 0. The second-order valence-corrected chi connectivity index (χ2v) is 5.01. The summed E-state index contributed by atoms with van der Waals surface area (Å²) in [6.45, 7) is 6.23. The molecule has 0 aliphatic rings. The fourth-order valence-corrected chi connectivity index (χ4v) is 1.12. The molecule has 1 rings (SSSR count). The second kappa shape index (κ2) is 4.28. The fourth-order valence-electron chi connectivity index (χ4n) is 1.12. The summed E-state index contributed by atoms with van der Waals surface area (Å²) in [5.41, 5.74) is 3.04. The van der Waals surface area contributed by atoms with Crippen molar-refractivity contribution in [3.8, 4) is 0 Å². The van der Waals surface area contributed by atoms with E-state index in [0.717, 1.165) is 0 Å². The van der Waals surface area contributed by atoms with Gasteiger partial charge in [-0.05, 0) is 38.0 Å². The van der Waals surface area contributed by atoms with Crippen LogP contribution in [0.4, 0.5) is 5.82 Å². The maximum Gasteiger partial charge on any atom is 0.311 e. The minimum absolute atomic E-state index is 0.142. The van der Waals surface area contributed by atoms with Crippen LogP contribution in [0.2, 0.25) is 0 Å². The molecule has 0 saturated heterocycles. The number of aromatic nitrogens is 2. The number of hydrogen-bond acceptors (Lipinski definition) is 6. The predicted molar refractivity (Wildman–Crippen MR) is 61.7 cm³/mol. The van der Waals surface area contributed by atoms with Crippen LogP contribution in [0.1, 0.15) is 38.2 Å². The molecule has 0 atom stereocenters. The van der Waals surface area contributed by atoms with Crippen LogP contribution in [-0.4, -0.2) is 32.8 Å². The van der Waals surface area contributed by atoms with Gasteiger partial charge in [-0.3, -0.25) is 9.59 Å². The highest BCUT2D eigenvalue weighted by Gasteiger charge is 2.45. The number of carboxylic acid groups (broad SMARTS) is 1. The topological polar surface area (TPSA) is 131 Å². The molecule has 0 aromatic carbocycles. The van der Waals surface area contributed by atoms with Crippen LogP contribution in [0.15, 0.2) is 4.63 Å². The van der Waals surface area contributed by atoms with E-state index in [1.165, 1.54) is 13.8 Å². The quantitative estimate of drug-likeness (QED) is 0.704. The van der Waals surface area contributed by atoms with E-state index in [1.54, 1.807) is 13.8 Å². The number of nitrogens with zero attached hydrogens (tertiary/aromatic N) is 2. The molecule has 8 nitrogen and oxygen atoms in total. The molecule has 0 bridgehead atoms. The normalized spacial score (nSPS) is 12.2. The molecule has 4 N–H and O–H groups in total. The van der Waals surface area contributed by atoms with Gasteiger partial charge in [0, 0.05) is 0 Å². The van der Waals surface area contributed by atoms with Crippen LogP contribution < -0.4 is 11.1 Å². The van der Waals surface area contributed by atoms with Gasteiger partial charge in [-0.25, -0.2) is 4.63 Å². The highest BCUT2D eigenvalue weighted by molar-refractivity contribution is 5.96. The van der Waals surface area contributed by atoms with Crippen LogP contribution in [0.5, 0.6) is 0 Å². The third kappa shape index (κ3) is 2.27. The van der Waals surface area contributed by atoms with Gasteiger partial charge in [0.2, 0.25) is 11.5 Å². The van der Waals surface area contributed by atoms with Crippen LogP contribution >= 0.6 is 0 Å². The Labute approximate surface area is 103 Å². The van der Waals surface area contributed by atoms with Crippen LogP contribution in [0.25, 0.3) is 0 Å². The number of hydrogen-bond donors (Lipinski definition) is 3. The number of carbonyl (C=O) groups excluding carboxylic acids is 1. The Morgan fingerprint density at radius 3 is 2.22 bits per heavy atom. The minimum atomic E-state index is -1.17. The molecular weight excluding hydrogens is 240 g/mol. The van der Waals surface area contributed by atoms with Crippen molar-refractivity contribution in [1.82, 2.24) is 15.6 Å². The Balaban J connectivity index is 2.94. The highest BCUT2D eigenvalue weighted by atomic mass is 16.6. The van der Waals surface area contributed by atoms with E-state index in [1.807, 2.05) is 0 Å². The number of nitrogen functional groups attached to an aromatic ring is 1. The third-order valence-corrected chi connectivity index (χ3v) is 3.25. The Morgan fingerprint density at radius 1 is 1.28 bits per heavy atom. The summed E-state index contributed by atoms with van der Waals surface area (Å²) in [6, 6.07) is 0. The van der Waals surface area contributed by atoms with Crippen molar-refractivity contribution in [2.75, 3.05) is 5.73 Å². The van der Waals surface area contributed by atoms with Crippen molar-refractivity contribution < 1.29 is 19.3 Å². The zero-order valence-electron chi connectivity index (χ0n) is 10.6. The van der Waals surface area contributed by atoms with Crippen LogP contribution in [0, 0.1) is 5.41 Å². The van der Waals surface area contributed by atoms with Gasteiger partial charge >= 0.3 is 5.97 Å². The predicted octanol–water partition coefficient (Wildman–Crippen LogP) is 0.271. The molecule has 8 heteroatoms. The van der Waals surface area contributed by atoms with E-state index in [9.17, 15) is 9.59 Å². The van der Waals surface area contributed by atoms with Crippen molar-refractivity contribution in [3.05, 3.63) is 5.69 Å². The fraction of sp³-hybridized carbons (Fsp3) is 0.600. The monoisotopic (exact) mass is 256 g/mol. The van der Waals surface area contributed by atoms with E-state index in [-0.39, 0.29) is 11.5 Å². The average molecular weight is 256 g/mol. The number of aliphatic carboxylic acids is 1. The van der Waals surface area contributed by atoms with Gasteiger partial charge in [0.15, 0.2) is 0 Å². The smallest absolute Gasteiger partial charge is 0.311 e.